The Morgan fingerprint density at radius 1 is 1.14 bits per heavy atom. The molecule has 0 amide bonds. The van der Waals surface area contributed by atoms with Crippen molar-refractivity contribution in [2.24, 2.45) is 0 Å². The van der Waals surface area contributed by atoms with E-state index in [-0.39, 0.29) is 22.9 Å². The van der Waals surface area contributed by atoms with Gasteiger partial charge in [-0.3, -0.25) is 9.78 Å². The largest absolute Gasteiger partial charge is 0.292 e. The second-order valence-electron chi connectivity index (χ2n) is 4.59. The molecule has 1 aromatic heterocycles. The van der Waals surface area contributed by atoms with Gasteiger partial charge in [-0.1, -0.05) is 29.8 Å². The first-order valence-electron chi connectivity index (χ1n) is 6.32. The summed E-state index contributed by atoms with van der Waals surface area (Å²) >= 11 is 5.71. The number of halogens is 2. The number of aromatic nitrogens is 2. The molecule has 3 rings (SSSR count). The van der Waals surface area contributed by atoms with E-state index in [1.165, 1.54) is 24.4 Å². The Bertz CT molecular complexity index is 835. The number of fused-ring (bicyclic) bond motifs is 1. The summed E-state index contributed by atoms with van der Waals surface area (Å²) in [7, 11) is 0. The zero-order valence-corrected chi connectivity index (χ0v) is 11.6. The maximum atomic E-state index is 13.1. The summed E-state index contributed by atoms with van der Waals surface area (Å²) in [6.07, 6.45) is 1.56. The molecule has 2 aromatic carbocycles. The molecule has 0 saturated heterocycles. The lowest BCUT2D eigenvalue weighted by Gasteiger charge is -2.03. The predicted octanol–water partition coefficient (Wildman–Crippen LogP) is 3.85. The standard InChI is InChI=1S/C16H10ClFN2O/c17-11-7-10(5-6-12(11)18)8-16(21)15-9-19-13-3-1-2-4-14(13)20-15/h1-7,9H,8H2. The number of carbonyl (C=O) groups excluding carboxylic acids is 1. The predicted molar refractivity (Wildman–Crippen MR) is 79.0 cm³/mol. The van der Waals surface area contributed by atoms with Crippen molar-refractivity contribution in [2.75, 3.05) is 0 Å². The first-order chi connectivity index (χ1) is 10.1. The molecule has 104 valence electrons. The van der Waals surface area contributed by atoms with Crippen LogP contribution >= 0.6 is 11.6 Å². The van der Waals surface area contributed by atoms with Crippen molar-refractivity contribution in [3.8, 4) is 0 Å². The quantitative estimate of drug-likeness (QED) is 0.690. The van der Waals surface area contributed by atoms with E-state index in [9.17, 15) is 9.18 Å². The van der Waals surface area contributed by atoms with Crippen molar-refractivity contribution in [3.63, 3.8) is 0 Å². The van der Waals surface area contributed by atoms with Gasteiger partial charge in [-0.05, 0) is 29.8 Å². The summed E-state index contributed by atoms with van der Waals surface area (Å²) in [5.41, 5.74) is 2.33. The van der Waals surface area contributed by atoms with Gasteiger partial charge in [0, 0.05) is 6.42 Å². The molecular weight excluding hydrogens is 291 g/mol. The number of hydrogen-bond acceptors (Lipinski definition) is 3. The van der Waals surface area contributed by atoms with E-state index >= 15 is 0 Å². The average Bonchev–Trinajstić information content (AvgIpc) is 2.50. The molecule has 0 saturated carbocycles. The molecule has 0 N–H and O–H groups in total. The molecule has 5 heteroatoms. The highest BCUT2D eigenvalue weighted by Crippen LogP contribution is 2.17. The molecule has 1 heterocycles. The fraction of sp³-hybridized carbons (Fsp3) is 0.0625. The summed E-state index contributed by atoms with van der Waals surface area (Å²) in [4.78, 5) is 20.7. The molecule has 0 aliphatic heterocycles. The van der Waals surface area contributed by atoms with Crippen LogP contribution in [0, 0.1) is 5.82 Å². The van der Waals surface area contributed by atoms with Gasteiger partial charge in [0.2, 0.25) is 0 Å². The number of Topliss-reactive ketones (excluding diaryl/α,β-unsaturated/α-hetero) is 1. The normalized spacial score (nSPS) is 10.8. The van der Waals surface area contributed by atoms with E-state index in [1.54, 1.807) is 6.07 Å². The number of rotatable bonds is 3. The van der Waals surface area contributed by atoms with Crippen molar-refractivity contribution in [1.29, 1.82) is 0 Å². The number of nitrogens with zero attached hydrogens (tertiary/aromatic N) is 2. The highest BCUT2D eigenvalue weighted by molar-refractivity contribution is 6.30. The van der Waals surface area contributed by atoms with Crippen LogP contribution in [0.1, 0.15) is 16.1 Å². The van der Waals surface area contributed by atoms with Crippen molar-refractivity contribution in [3.05, 3.63) is 70.8 Å². The van der Waals surface area contributed by atoms with Crippen molar-refractivity contribution >= 4 is 28.4 Å². The van der Waals surface area contributed by atoms with Gasteiger partial charge in [0.15, 0.2) is 5.78 Å². The molecule has 0 bridgehead atoms. The van der Waals surface area contributed by atoms with E-state index in [2.05, 4.69) is 9.97 Å². The van der Waals surface area contributed by atoms with Gasteiger partial charge in [0.1, 0.15) is 11.5 Å². The van der Waals surface area contributed by atoms with Gasteiger partial charge >= 0.3 is 0 Å². The number of benzene rings is 2. The van der Waals surface area contributed by atoms with Gasteiger partial charge in [-0.15, -0.1) is 0 Å². The van der Waals surface area contributed by atoms with E-state index < -0.39 is 5.82 Å². The van der Waals surface area contributed by atoms with E-state index in [4.69, 9.17) is 11.6 Å². The number of hydrogen-bond donors (Lipinski definition) is 0. The maximum absolute atomic E-state index is 13.1. The van der Waals surface area contributed by atoms with E-state index in [1.807, 2.05) is 18.2 Å². The third kappa shape index (κ3) is 2.90. The van der Waals surface area contributed by atoms with Crippen LogP contribution in [0.25, 0.3) is 11.0 Å². The Morgan fingerprint density at radius 3 is 2.67 bits per heavy atom. The number of ketones is 1. The zero-order valence-electron chi connectivity index (χ0n) is 10.9. The second kappa shape index (κ2) is 5.58. The summed E-state index contributed by atoms with van der Waals surface area (Å²) in [6, 6.07) is 11.6. The number of para-hydroxylation sites is 2. The monoisotopic (exact) mass is 300 g/mol. The minimum Gasteiger partial charge on any atom is -0.292 e. The Labute approximate surface area is 125 Å². The lowest BCUT2D eigenvalue weighted by atomic mass is 10.1. The summed E-state index contributed by atoms with van der Waals surface area (Å²) in [5, 5.41) is 0.00453. The molecule has 21 heavy (non-hydrogen) atoms. The molecule has 0 unspecified atom stereocenters. The molecule has 3 aromatic rings. The molecule has 0 spiro atoms. The van der Waals surface area contributed by atoms with Crippen molar-refractivity contribution in [1.82, 2.24) is 9.97 Å². The summed E-state index contributed by atoms with van der Waals surface area (Å²) in [5.74, 6) is -0.686. The Balaban J connectivity index is 1.87. The molecule has 0 atom stereocenters. The third-order valence-electron chi connectivity index (χ3n) is 3.08. The van der Waals surface area contributed by atoms with Gasteiger partial charge in [0.25, 0.3) is 0 Å². The fourth-order valence-electron chi connectivity index (χ4n) is 2.02. The van der Waals surface area contributed by atoms with Crippen LogP contribution in [0.3, 0.4) is 0 Å². The summed E-state index contributed by atoms with van der Waals surface area (Å²) < 4.78 is 13.1. The molecule has 3 nitrogen and oxygen atoms in total. The van der Waals surface area contributed by atoms with Gasteiger partial charge in [-0.25, -0.2) is 9.37 Å². The van der Waals surface area contributed by atoms with Crippen LogP contribution in [0.4, 0.5) is 4.39 Å². The van der Waals surface area contributed by atoms with Crippen LogP contribution in [0.15, 0.2) is 48.7 Å². The zero-order chi connectivity index (χ0) is 14.8. The Kier molecular flexibility index (Phi) is 3.62. The van der Waals surface area contributed by atoms with Gasteiger partial charge in [-0.2, -0.15) is 0 Å². The van der Waals surface area contributed by atoms with Crippen molar-refractivity contribution in [2.45, 2.75) is 6.42 Å². The highest BCUT2D eigenvalue weighted by atomic mass is 35.5. The highest BCUT2D eigenvalue weighted by Gasteiger charge is 2.11. The smallest absolute Gasteiger partial charge is 0.187 e. The number of carbonyl (C=O) groups is 1. The molecule has 0 aliphatic carbocycles. The molecule has 0 fully saturated rings. The van der Waals surface area contributed by atoms with Crippen LogP contribution in [0.2, 0.25) is 5.02 Å². The van der Waals surface area contributed by atoms with E-state index in [0.29, 0.717) is 11.1 Å². The van der Waals surface area contributed by atoms with Crippen LogP contribution in [0.5, 0.6) is 0 Å². The van der Waals surface area contributed by atoms with Crippen LogP contribution in [-0.2, 0) is 6.42 Å². The SMILES string of the molecule is O=C(Cc1ccc(F)c(Cl)c1)c1cnc2ccccc2n1. The second-order valence-corrected chi connectivity index (χ2v) is 5.00. The fourth-order valence-corrected chi connectivity index (χ4v) is 2.22. The molecular formula is C16H10ClFN2O. The minimum absolute atomic E-state index is 0.00453. The Morgan fingerprint density at radius 2 is 1.90 bits per heavy atom. The average molecular weight is 301 g/mol. The summed E-state index contributed by atoms with van der Waals surface area (Å²) in [6.45, 7) is 0. The topological polar surface area (TPSA) is 42.9 Å². The third-order valence-corrected chi connectivity index (χ3v) is 3.37. The first-order valence-corrected chi connectivity index (χ1v) is 6.70. The van der Waals surface area contributed by atoms with Gasteiger partial charge < -0.3 is 0 Å². The molecule has 0 radical (unpaired) electrons. The van der Waals surface area contributed by atoms with Crippen molar-refractivity contribution < 1.29 is 9.18 Å². The Hall–Kier alpha value is -2.33. The molecule has 0 aliphatic rings. The van der Waals surface area contributed by atoms with Crippen LogP contribution < -0.4 is 0 Å². The first kappa shape index (κ1) is 13.6. The lowest BCUT2D eigenvalue weighted by Crippen LogP contribution is -2.07. The van der Waals surface area contributed by atoms with Crippen LogP contribution in [-0.4, -0.2) is 15.8 Å². The van der Waals surface area contributed by atoms with E-state index in [0.717, 1.165) is 5.52 Å². The lowest BCUT2D eigenvalue weighted by molar-refractivity contribution is 0.0988. The maximum Gasteiger partial charge on any atom is 0.187 e. The minimum atomic E-state index is -0.502. The van der Waals surface area contributed by atoms with Gasteiger partial charge in [0.05, 0.1) is 22.3 Å².